The molecule has 1 N–H and O–H groups in total. The van der Waals surface area contributed by atoms with E-state index in [9.17, 15) is 22.4 Å². The van der Waals surface area contributed by atoms with Crippen LogP contribution in [0.2, 0.25) is 0 Å². The molecule has 2 aliphatic rings. The van der Waals surface area contributed by atoms with Gasteiger partial charge in [0.1, 0.15) is 5.82 Å². The van der Waals surface area contributed by atoms with Gasteiger partial charge in [0.2, 0.25) is 21.8 Å². The minimum absolute atomic E-state index is 0.114. The normalized spacial score (nSPS) is 18.2. The Hall–Kier alpha value is -2.78. The van der Waals surface area contributed by atoms with Crippen molar-refractivity contribution < 1.29 is 22.4 Å². The van der Waals surface area contributed by atoms with Crippen LogP contribution >= 0.6 is 0 Å². The summed E-state index contributed by atoms with van der Waals surface area (Å²) >= 11 is 0. The van der Waals surface area contributed by atoms with Crippen LogP contribution in [0.5, 0.6) is 0 Å². The van der Waals surface area contributed by atoms with Crippen molar-refractivity contribution >= 4 is 33.2 Å². The number of sulfonamides is 1. The summed E-state index contributed by atoms with van der Waals surface area (Å²) in [5.41, 5.74) is 2.01. The van der Waals surface area contributed by atoms with Gasteiger partial charge in [0.15, 0.2) is 0 Å². The van der Waals surface area contributed by atoms with Crippen molar-refractivity contribution in [2.24, 2.45) is 5.92 Å². The van der Waals surface area contributed by atoms with Gasteiger partial charge in [0, 0.05) is 43.3 Å². The van der Waals surface area contributed by atoms with Gasteiger partial charge in [-0.05, 0) is 61.2 Å². The number of nitrogens with one attached hydrogen (secondary N) is 1. The van der Waals surface area contributed by atoms with E-state index < -0.39 is 15.8 Å². The molecule has 0 spiro atoms. The first-order chi connectivity index (χ1) is 15.3. The van der Waals surface area contributed by atoms with Gasteiger partial charge in [0.05, 0.1) is 5.75 Å². The van der Waals surface area contributed by atoms with Crippen molar-refractivity contribution in [2.45, 2.75) is 31.4 Å². The number of nitrogens with zero attached hydrogens (tertiary/aromatic N) is 2. The van der Waals surface area contributed by atoms with Gasteiger partial charge in [-0.15, -0.1) is 0 Å². The fraction of sp³-hybridized carbons (Fsp3) is 0.391. The molecule has 0 bridgehead atoms. The highest BCUT2D eigenvalue weighted by atomic mass is 32.2. The van der Waals surface area contributed by atoms with Crippen LogP contribution in [0.15, 0.2) is 48.5 Å². The number of rotatable bonds is 6. The summed E-state index contributed by atoms with van der Waals surface area (Å²) in [6.45, 7) is 1.27. The number of carbonyl (C=O) groups excluding carboxylic acids is 2. The number of hydrogen-bond acceptors (Lipinski definition) is 4. The topological polar surface area (TPSA) is 86.8 Å². The fourth-order valence-electron chi connectivity index (χ4n) is 4.17. The molecule has 4 rings (SSSR count). The van der Waals surface area contributed by atoms with Gasteiger partial charge >= 0.3 is 0 Å². The van der Waals surface area contributed by atoms with Crippen molar-refractivity contribution in [1.82, 2.24) is 4.31 Å². The molecule has 2 fully saturated rings. The summed E-state index contributed by atoms with van der Waals surface area (Å²) in [5, 5.41) is 2.89. The minimum Gasteiger partial charge on any atom is -0.326 e. The van der Waals surface area contributed by atoms with Crippen molar-refractivity contribution in [3.05, 3.63) is 59.9 Å². The van der Waals surface area contributed by atoms with E-state index in [0.717, 1.165) is 12.1 Å². The Morgan fingerprint density at radius 1 is 1.00 bits per heavy atom. The Bertz CT molecular complexity index is 1080. The summed E-state index contributed by atoms with van der Waals surface area (Å²) in [6.07, 6.45) is 2.30. The lowest BCUT2D eigenvalue weighted by Crippen LogP contribution is -2.41. The van der Waals surface area contributed by atoms with Gasteiger partial charge in [0.25, 0.3) is 0 Å². The Labute approximate surface area is 187 Å². The first-order valence-corrected chi connectivity index (χ1v) is 12.4. The van der Waals surface area contributed by atoms with Crippen molar-refractivity contribution in [3.63, 3.8) is 0 Å². The van der Waals surface area contributed by atoms with Gasteiger partial charge in [-0.3, -0.25) is 9.59 Å². The molecule has 0 saturated carbocycles. The average molecular weight is 460 g/mol. The number of piperidine rings is 1. The lowest BCUT2D eigenvalue weighted by molar-refractivity contribution is -0.121. The van der Waals surface area contributed by atoms with Crippen molar-refractivity contribution in [3.8, 4) is 0 Å². The van der Waals surface area contributed by atoms with E-state index in [1.165, 1.54) is 28.6 Å². The first kappa shape index (κ1) is 22.4. The second kappa shape index (κ2) is 9.38. The molecule has 2 aromatic carbocycles. The maximum atomic E-state index is 13.0. The Morgan fingerprint density at radius 2 is 1.66 bits per heavy atom. The lowest BCUT2D eigenvalue weighted by atomic mass is 9.97. The minimum atomic E-state index is -3.53. The molecule has 0 unspecified atom stereocenters. The van der Waals surface area contributed by atoms with E-state index in [-0.39, 0.29) is 36.6 Å². The summed E-state index contributed by atoms with van der Waals surface area (Å²) < 4.78 is 39.8. The maximum absolute atomic E-state index is 13.0. The molecule has 170 valence electrons. The number of halogens is 1. The molecular weight excluding hydrogens is 433 g/mol. The Morgan fingerprint density at radius 3 is 2.25 bits per heavy atom. The highest BCUT2D eigenvalue weighted by Gasteiger charge is 2.31. The van der Waals surface area contributed by atoms with Gasteiger partial charge in [-0.2, -0.15) is 0 Å². The zero-order chi connectivity index (χ0) is 22.7. The standard InChI is InChI=1S/C23H26FN3O4S/c24-19-5-3-17(4-6-19)16-32(30,31)26-14-11-18(12-15-26)23(29)25-20-7-9-21(10-8-20)27-13-1-2-22(27)28/h3-10,18H,1-2,11-16H2,(H,25,29). The molecule has 0 aliphatic carbocycles. The molecule has 2 amide bonds. The summed E-state index contributed by atoms with van der Waals surface area (Å²) in [4.78, 5) is 26.3. The molecular formula is C23H26FN3O4S. The van der Waals surface area contributed by atoms with Crippen molar-refractivity contribution in [1.29, 1.82) is 0 Å². The molecule has 0 atom stereocenters. The molecule has 2 aliphatic heterocycles. The van der Waals surface area contributed by atoms with Crippen LogP contribution in [0, 0.1) is 11.7 Å². The van der Waals surface area contributed by atoms with Crippen LogP contribution in [0.3, 0.4) is 0 Å². The largest absolute Gasteiger partial charge is 0.326 e. The van der Waals surface area contributed by atoms with Crippen LogP contribution in [0.25, 0.3) is 0 Å². The van der Waals surface area contributed by atoms with E-state index in [2.05, 4.69) is 5.32 Å². The predicted octanol–water partition coefficient (Wildman–Crippen LogP) is 3.13. The summed E-state index contributed by atoms with van der Waals surface area (Å²) in [6, 6.07) is 12.6. The first-order valence-electron chi connectivity index (χ1n) is 10.8. The molecule has 2 aromatic rings. The van der Waals surface area contributed by atoms with Crippen LogP contribution in [0.1, 0.15) is 31.2 Å². The number of benzene rings is 2. The van der Waals surface area contributed by atoms with Crippen LogP contribution in [-0.2, 0) is 25.4 Å². The Balaban J connectivity index is 1.29. The molecule has 2 heterocycles. The monoisotopic (exact) mass is 459 g/mol. The molecule has 0 aromatic heterocycles. The van der Waals surface area contributed by atoms with Gasteiger partial charge < -0.3 is 10.2 Å². The second-order valence-electron chi connectivity index (χ2n) is 8.24. The second-order valence-corrected chi connectivity index (χ2v) is 10.2. The predicted molar refractivity (Wildman–Crippen MR) is 120 cm³/mol. The zero-order valence-corrected chi connectivity index (χ0v) is 18.5. The molecule has 7 nitrogen and oxygen atoms in total. The fourth-order valence-corrected chi connectivity index (χ4v) is 5.73. The maximum Gasteiger partial charge on any atom is 0.227 e. The molecule has 2 saturated heterocycles. The smallest absolute Gasteiger partial charge is 0.227 e. The number of hydrogen-bond donors (Lipinski definition) is 1. The van der Waals surface area contributed by atoms with E-state index in [0.29, 0.717) is 37.1 Å². The lowest BCUT2D eigenvalue weighted by Gasteiger charge is -2.30. The highest BCUT2D eigenvalue weighted by molar-refractivity contribution is 7.88. The van der Waals surface area contributed by atoms with E-state index in [4.69, 9.17) is 0 Å². The zero-order valence-electron chi connectivity index (χ0n) is 17.7. The molecule has 0 radical (unpaired) electrons. The third-order valence-corrected chi connectivity index (χ3v) is 7.85. The third kappa shape index (κ3) is 5.16. The number of carbonyl (C=O) groups is 2. The highest BCUT2D eigenvalue weighted by Crippen LogP contribution is 2.25. The van der Waals surface area contributed by atoms with E-state index in [1.807, 2.05) is 12.1 Å². The quantitative estimate of drug-likeness (QED) is 0.719. The molecule has 32 heavy (non-hydrogen) atoms. The summed E-state index contributed by atoms with van der Waals surface area (Å²) in [7, 11) is -3.53. The van der Waals surface area contributed by atoms with Crippen LogP contribution in [-0.4, -0.2) is 44.2 Å². The Kier molecular flexibility index (Phi) is 6.57. The average Bonchev–Trinajstić information content (AvgIpc) is 3.22. The summed E-state index contributed by atoms with van der Waals surface area (Å²) in [5.74, 6) is -0.881. The third-order valence-electron chi connectivity index (χ3n) is 6.00. The SMILES string of the molecule is O=C(Nc1ccc(N2CCCC2=O)cc1)C1CCN(S(=O)(=O)Cc2ccc(F)cc2)CC1. The van der Waals surface area contributed by atoms with Crippen LogP contribution < -0.4 is 10.2 Å². The van der Waals surface area contributed by atoms with E-state index in [1.54, 1.807) is 17.0 Å². The van der Waals surface area contributed by atoms with E-state index >= 15 is 0 Å². The number of anilines is 2. The van der Waals surface area contributed by atoms with Crippen molar-refractivity contribution in [2.75, 3.05) is 29.9 Å². The number of amides is 2. The van der Waals surface area contributed by atoms with Crippen LogP contribution in [0.4, 0.5) is 15.8 Å². The molecule has 9 heteroatoms. The van der Waals surface area contributed by atoms with Gasteiger partial charge in [-0.25, -0.2) is 17.1 Å². The van der Waals surface area contributed by atoms with Gasteiger partial charge in [-0.1, -0.05) is 12.1 Å².